The first-order chi connectivity index (χ1) is 9.49. The van der Waals surface area contributed by atoms with Crippen LogP contribution < -0.4 is 0 Å². The zero-order chi connectivity index (χ0) is 14.7. The molecule has 0 N–H and O–H groups in total. The fourth-order valence-electron chi connectivity index (χ4n) is 2.69. The maximum atomic E-state index is 12.4. The molecule has 0 saturated carbocycles. The number of hydrogen-bond donors (Lipinski definition) is 0. The van der Waals surface area contributed by atoms with Gasteiger partial charge in [0.2, 0.25) is 0 Å². The van der Waals surface area contributed by atoms with E-state index in [0.717, 1.165) is 0 Å². The van der Waals surface area contributed by atoms with Crippen molar-refractivity contribution in [2.24, 2.45) is 11.8 Å². The Morgan fingerprint density at radius 3 is 2.45 bits per heavy atom. The number of benzene rings is 1. The van der Waals surface area contributed by atoms with Gasteiger partial charge in [-0.2, -0.15) is 0 Å². The standard InChI is InChI=1S/C16H19NO3/c1-11-9-17(10-14(15(11)19)8-12(2)18)16(20)13-6-4-3-5-7-13/h3-7,11,14H,8-10H2,1-2H3. The number of ketones is 2. The van der Waals surface area contributed by atoms with Crippen LogP contribution in [0.2, 0.25) is 0 Å². The first kappa shape index (κ1) is 14.4. The van der Waals surface area contributed by atoms with Crippen molar-refractivity contribution >= 4 is 17.5 Å². The molecule has 2 unspecified atom stereocenters. The van der Waals surface area contributed by atoms with E-state index in [9.17, 15) is 14.4 Å². The number of carbonyl (C=O) groups is 3. The van der Waals surface area contributed by atoms with Crippen molar-refractivity contribution in [3.05, 3.63) is 35.9 Å². The van der Waals surface area contributed by atoms with Crippen molar-refractivity contribution in [3.63, 3.8) is 0 Å². The Hall–Kier alpha value is -1.97. The summed E-state index contributed by atoms with van der Waals surface area (Å²) in [5.41, 5.74) is 0.621. The van der Waals surface area contributed by atoms with E-state index in [2.05, 4.69) is 0 Å². The average Bonchev–Trinajstić information content (AvgIpc) is 2.43. The summed E-state index contributed by atoms with van der Waals surface area (Å²) in [6.45, 7) is 4.08. The normalized spacial score (nSPS) is 22.7. The number of nitrogens with zero attached hydrogens (tertiary/aromatic N) is 1. The molecule has 106 valence electrons. The van der Waals surface area contributed by atoms with Gasteiger partial charge >= 0.3 is 0 Å². The Bertz CT molecular complexity index is 524. The zero-order valence-corrected chi connectivity index (χ0v) is 11.8. The summed E-state index contributed by atoms with van der Waals surface area (Å²) in [7, 11) is 0. The highest BCUT2D eigenvalue weighted by atomic mass is 16.2. The third-order valence-corrected chi connectivity index (χ3v) is 3.66. The smallest absolute Gasteiger partial charge is 0.253 e. The molecule has 2 atom stereocenters. The van der Waals surface area contributed by atoms with E-state index < -0.39 is 0 Å². The van der Waals surface area contributed by atoms with E-state index >= 15 is 0 Å². The van der Waals surface area contributed by atoms with Crippen LogP contribution in [0.1, 0.15) is 30.6 Å². The van der Waals surface area contributed by atoms with Crippen molar-refractivity contribution in [2.45, 2.75) is 20.3 Å². The summed E-state index contributed by atoms with van der Waals surface area (Å²) in [4.78, 5) is 37.4. The van der Waals surface area contributed by atoms with Crippen LogP contribution in [0.4, 0.5) is 0 Å². The number of amides is 1. The average molecular weight is 273 g/mol. The number of Topliss-reactive ketones (excluding diaryl/α,β-unsaturated/α-hetero) is 2. The maximum absolute atomic E-state index is 12.4. The second-order valence-corrected chi connectivity index (χ2v) is 5.48. The zero-order valence-electron chi connectivity index (χ0n) is 11.8. The molecule has 1 aromatic carbocycles. The molecule has 0 aliphatic carbocycles. The second-order valence-electron chi connectivity index (χ2n) is 5.48. The fourth-order valence-corrected chi connectivity index (χ4v) is 2.69. The molecule has 0 bridgehead atoms. The molecule has 1 fully saturated rings. The molecule has 1 heterocycles. The molecule has 20 heavy (non-hydrogen) atoms. The predicted molar refractivity (Wildman–Crippen MR) is 75.3 cm³/mol. The number of piperidine rings is 1. The highest BCUT2D eigenvalue weighted by Gasteiger charge is 2.35. The third-order valence-electron chi connectivity index (χ3n) is 3.66. The van der Waals surface area contributed by atoms with Gasteiger partial charge in [-0.1, -0.05) is 25.1 Å². The Kier molecular flexibility index (Phi) is 4.32. The third kappa shape index (κ3) is 3.13. The molecule has 1 aromatic rings. The minimum atomic E-state index is -0.357. The Labute approximate surface area is 118 Å². The monoisotopic (exact) mass is 273 g/mol. The van der Waals surface area contributed by atoms with Gasteiger partial charge in [0.15, 0.2) is 0 Å². The molecule has 0 aromatic heterocycles. The molecule has 2 rings (SSSR count). The van der Waals surface area contributed by atoms with Gasteiger partial charge in [0.25, 0.3) is 5.91 Å². The lowest BCUT2D eigenvalue weighted by Crippen LogP contribution is -2.48. The van der Waals surface area contributed by atoms with Gasteiger partial charge in [-0.15, -0.1) is 0 Å². The molecule has 1 amide bonds. The van der Waals surface area contributed by atoms with Crippen molar-refractivity contribution in [3.8, 4) is 0 Å². The van der Waals surface area contributed by atoms with Crippen molar-refractivity contribution < 1.29 is 14.4 Å². The minimum absolute atomic E-state index is 0.00967. The van der Waals surface area contributed by atoms with Crippen LogP contribution in [0.15, 0.2) is 30.3 Å². The number of rotatable bonds is 3. The first-order valence-corrected chi connectivity index (χ1v) is 6.86. The number of hydrogen-bond acceptors (Lipinski definition) is 3. The summed E-state index contributed by atoms with van der Waals surface area (Å²) in [5, 5.41) is 0. The Balaban J connectivity index is 2.15. The fraction of sp³-hybridized carbons (Fsp3) is 0.438. The van der Waals surface area contributed by atoms with E-state index in [1.807, 2.05) is 25.1 Å². The molecular weight excluding hydrogens is 254 g/mol. The van der Waals surface area contributed by atoms with E-state index in [0.29, 0.717) is 18.7 Å². The van der Waals surface area contributed by atoms with Gasteiger partial charge in [-0.25, -0.2) is 0 Å². The van der Waals surface area contributed by atoms with Crippen LogP contribution in [0.5, 0.6) is 0 Å². The SMILES string of the molecule is CC(=O)CC1CN(C(=O)c2ccccc2)CC(C)C1=O. The molecule has 4 nitrogen and oxygen atoms in total. The van der Waals surface area contributed by atoms with Crippen molar-refractivity contribution in [1.29, 1.82) is 0 Å². The molecule has 1 saturated heterocycles. The summed E-state index contributed by atoms with van der Waals surface area (Å²) in [6, 6.07) is 9.03. The van der Waals surface area contributed by atoms with Crippen LogP contribution in [0.3, 0.4) is 0 Å². The van der Waals surface area contributed by atoms with E-state index in [4.69, 9.17) is 0 Å². The Morgan fingerprint density at radius 1 is 1.20 bits per heavy atom. The van der Waals surface area contributed by atoms with Crippen LogP contribution in [0, 0.1) is 11.8 Å². The topological polar surface area (TPSA) is 54.5 Å². The van der Waals surface area contributed by atoms with Crippen molar-refractivity contribution in [2.75, 3.05) is 13.1 Å². The molecule has 1 aliphatic heterocycles. The highest BCUT2D eigenvalue weighted by Crippen LogP contribution is 2.22. The van der Waals surface area contributed by atoms with Gasteiger partial charge in [0.05, 0.1) is 0 Å². The van der Waals surface area contributed by atoms with Crippen molar-refractivity contribution in [1.82, 2.24) is 4.90 Å². The van der Waals surface area contributed by atoms with Gasteiger partial charge in [-0.05, 0) is 19.1 Å². The van der Waals surface area contributed by atoms with E-state index in [-0.39, 0.29) is 35.7 Å². The van der Waals surface area contributed by atoms with Crippen LogP contribution in [-0.2, 0) is 9.59 Å². The quantitative estimate of drug-likeness (QED) is 0.845. The number of carbonyl (C=O) groups excluding carboxylic acids is 3. The van der Waals surface area contributed by atoms with Gasteiger partial charge in [0.1, 0.15) is 11.6 Å². The molecule has 0 spiro atoms. The predicted octanol–water partition coefficient (Wildman–Crippen LogP) is 1.94. The maximum Gasteiger partial charge on any atom is 0.253 e. The summed E-state index contributed by atoms with van der Waals surface area (Å²) in [6.07, 6.45) is 0.224. The molecular formula is C16H19NO3. The molecule has 1 aliphatic rings. The lowest BCUT2D eigenvalue weighted by Gasteiger charge is -2.35. The van der Waals surface area contributed by atoms with Crippen LogP contribution in [0.25, 0.3) is 0 Å². The van der Waals surface area contributed by atoms with Crippen LogP contribution >= 0.6 is 0 Å². The second kappa shape index (κ2) is 5.99. The Morgan fingerprint density at radius 2 is 1.85 bits per heavy atom. The van der Waals surface area contributed by atoms with E-state index in [1.54, 1.807) is 17.0 Å². The lowest BCUT2D eigenvalue weighted by atomic mass is 9.85. The highest BCUT2D eigenvalue weighted by molar-refractivity contribution is 5.96. The van der Waals surface area contributed by atoms with Gasteiger partial charge in [0, 0.05) is 36.9 Å². The first-order valence-electron chi connectivity index (χ1n) is 6.86. The largest absolute Gasteiger partial charge is 0.337 e. The van der Waals surface area contributed by atoms with Crippen LogP contribution in [-0.4, -0.2) is 35.5 Å². The summed E-state index contributed by atoms with van der Waals surface area (Å²) in [5.74, 6) is -0.551. The minimum Gasteiger partial charge on any atom is -0.337 e. The van der Waals surface area contributed by atoms with E-state index in [1.165, 1.54) is 6.92 Å². The van der Waals surface area contributed by atoms with Gasteiger partial charge < -0.3 is 9.69 Å². The van der Waals surface area contributed by atoms with Gasteiger partial charge in [-0.3, -0.25) is 9.59 Å². The number of likely N-dealkylation sites (tertiary alicyclic amines) is 1. The summed E-state index contributed by atoms with van der Waals surface area (Å²) >= 11 is 0. The molecule has 4 heteroatoms. The lowest BCUT2D eigenvalue weighted by molar-refractivity contribution is -0.133. The molecule has 0 radical (unpaired) electrons. The summed E-state index contributed by atoms with van der Waals surface area (Å²) < 4.78 is 0.